The Morgan fingerprint density at radius 3 is 2.80 bits per heavy atom. The lowest BCUT2D eigenvalue weighted by Crippen LogP contribution is -2.19. The summed E-state index contributed by atoms with van der Waals surface area (Å²) < 4.78 is 27.1. The number of benzene rings is 2. The van der Waals surface area contributed by atoms with Crippen molar-refractivity contribution in [1.82, 2.24) is 9.55 Å². The number of aryl methyl sites for hydroxylation is 1. The fourth-order valence-corrected chi connectivity index (χ4v) is 3.31. The minimum Gasteiger partial charge on any atom is -0.323 e. The van der Waals surface area contributed by atoms with E-state index in [1.165, 1.54) is 4.57 Å². The summed E-state index contributed by atoms with van der Waals surface area (Å²) >= 11 is 6.43. The topological polar surface area (TPSA) is 46.9 Å². The maximum absolute atomic E-state index is 12.8. The molecule has 0 saturated heterocycles. The zero-order chi connectivity index (χ0) is 18.0. The molecule has 130 valence electrons. The molecule has 4 nitrogen and oxygen atoms in total. The summed E-state index contributed by atoms with van der Waals surface area (Å²) in [5.74, 6) is -2.99. The molecule has 0 aliphatic carbocycles. The van der Waals surface area contributed by atoms with Crippen LogP contribution in [0, 0.1) is 6.92 Å². The first-order valence-corrected chi connectivity index (χ1v) is 8.66. The summed E-state index contributed by atoms with van der Waals surface area (Å²) in [6, 6.07) is 12.3. The van der Waals surface area contributed by atoms with E-state index in [2.05, 4.69) is 10.3 Å². The number of carbonyl (C=O) groups excluding carboxylic acids is 1. The van der Waals surface area contributed by atoms with Gasteiger partial charge in [0.1, 0.15) is 6.54 Å². The van der Waals surface area contributed by atoms with E-state index in [0.29, 0.717) is 33.5 Å². The molecule has 0 radical (unpaired) electrons. The number of imidazole rings is 1. The van der Waals surface area contributed by atoms with Crippen molar-refractivity contribution in [2.24, 2.45) is 0 Å². The van der Waals surface area contributed by atoms with Crippen molar-refractivity contribution < 1.29 is 13.6 Å². The highest BCUT2D eigenvalue weighted by Gasteiger charge is 2.18. The molecule has 0 spiro atoms. The van der Waals surface area contributed by atoms with E-state index in [0.717, 1.165) is 5.56 Å². The van der Waals surface area contributed by atoms with E-state index in [1.54, 1.807) is 36.4 Å². The number of alkyl halides is 2. The van der Waals surface area contributed by atoms with Gasteiger partial charge in [0.25, 0.3) is 5.76 Å². The first-order valence-electron chi connectivity index (χ1n) is 7.40. The van der Waals surface area contributed by atoms with Crippen LogP contribution in [0.4, 0.5) is 14.5 Å². The number of carbonyl (C=O) groups is 1. The number of aromatic nitrogens is 2. The van der Waals surface area contributed by atoms with Gasteiger partial charge in [0.15, 0.2) is 5.16 Å². The standard InChI is InChI=1S/C17H14ClF2N3OS/c1-10-6-7-12(11(18)8-10)21-15(24)9-23-14-5-3-2-4-13(14)22-17(23)25-16(19)20/h2-8,16H,9H2,1H3,(H,21,24). The second kappa shape index (κ2) is 7.41. The summed E-state index contributed by atoms with van der Waals surface area (Å²) in [7, 11) is 0. The van der Waals surface area contributed by atoms with Crippen LogP contribution in [-0.2, 0) is 11.3 Å². The number of rotatable bonds is 5. The number of anilines is 1. The summed E-state index contributed by atoms with van der Waals surface area (Å²) in [4.78, 5) is 16.6. The van der Waals surface area contributed by atoms with Gasteiger partial charge in [-0.15, -0.1) is 0 Å². The fraction of sp³-hybridized carbons (Fsp3) is 0.176. The largest absolute Gasteiger partial charge is 0.323 e. The molecule has 1 aromatic heterocycles. The molecule has 1 amide bonds. The summed E-state index contributed by atoms with van der Waals surface area (Å²) in [5.41, 5.74) is 2.63. The lowest BCUT2D eigenvalue weighted by molar-refractivity contribution is -0.116. The minimum absolute atomic E-state index is 0.0985. The smallest absolute Gasteiger partial charge is 0.291 e. The maximum atomic E-state index is 12.8. The average molecular weight is 382 g/mol. The third-order valence-corrected chi connectivity index (χ3v) is 4.53. The van der Waals surface area contributed by atoms with E-state index in [4.69, 9.17) is 11.6 Å². The molecule has 2 aromatic carbocycles. The Morgan fingerprint density at radius 1 is 1.32 bits per heavy atom. The molecule has 1 heterocycles. The second-order valence-electron chi connectivity index (χ2n) is 5.38. The van der Waals surface area contributed by atoms with Crippen molar-refractivity contribution in [3.63, 3.8) is 0 Å². The molecule has 0 saturated carbocycles. The molecule has 1 N–H and O–H groups in total. The second-order valence-corrected chi connectivity index (χ2v) is 6.74. The summed E-state index contributed by atoms with van der Waals surface area (Å²) in [6.07, 6.45) is 0. The average Bonchev–Trinajstić information content (AvgIpc) is 2.87. The third-order valence-electron chi connectivity index (χ3n) is 3.51. The van der Waals surface area contributed by atoms with E-state index >= 15 is 0 Å². The number of hydrogen-bond acceptors (Lipinski definition) is 3. The Balaban J connectivity index is 1.87. The van der Waals surface area contributed by atoms with Crippen LogP contribution in [0.5, 0.6) is 0 Å². The Hall–Kier alpha value is -2.12. The van der Waals surface area contributed by atoms with Gasteiger partial charge in [0.2, 0.25) is 5.91 Å². The molecule has 0 aliphatic rings. The van der Waals surface area contributed by atoms with Gasteiger partial charge >= 0.3 is 0 Å². The number of halogens is 3. The number of amides is 1. The maximum Gasteiger partial charge on any atom is 0.291 e. The summed E-state index contributed by atoms with van der Waals surface area (Å²) in [5, 5.41) is 3.23. The number of fused-ring (bicyclic) bond motifs is 1. The van der Waals surface area contributed by atoms with Gasteiger partial charge in [0.05, 0.1) is 21.7 Å². The van der Waals surface area contributed by atoms with E-state index < -0.39 is 5.76 Å². The first kappa shape index (κ1) is 17.7. The molecule has 0 unspecified atom stereocenters. The Labute approximate surface area is 152 Å². The van der Waals surface area contributed by atoms with E-state index in [9.17, 15) is 13.6 Å². The lowest BCUT2D eigenvalue weighted by Gasteiger charge is -2.11. The fourth-order valence-electron chi connectivity index (χ4n) is 2.43. The molecule has 0 bridgehead atoms. The van der Waals surface area contributed by atoms with Crippen LogP contribution in [0.3, 0.4) is 0 Å². The van der Waals surface area contributed by atoms with Crippen LogP contribution in [-0.4, -0.2) is 21.2 Å². The van der Waals surface area contributed by atoms with E-state index in [-0.39, 0.29) is 17.6 Å². The molecular weight excluding hydrogens is 368 g/mol. The van der Waals surface area contributed by atoms with Gasteiger partial charge in [-0.25, -0.2) is 4.98 Å². The van der Waals surface area contributed by atoms with Crippen LogP contribution in [0.1, 0.15) is 5.56 Å². The lowest BCUT2D eigenvalue weighted by atomic mass is 10.2. The number of para-hydroxylation sites is 2. The van der Waals surface area contributed by atoms with Gasteiger partial charge in [-0.05, 0) is 48.5 Å². The van der Waals surface area contributed by atoms with Crippen molar-refractivity contribution in [2.45, 2.75) is 24.4 Å². The molecule has 3 rings (SSSR count). The molecule has 3 aromatic rings. The molecule has 25 heavy (non-hydrogen) atoms. The van der Waals surface area contributed by atoms with Crippen LogP contribution >= 0.6 is 23.4 Å². The SMILES string of the molecule is Cc1ccc(NC(=O)Cn2c(SC(F)F)nc3ccccc32)c(Cl)c1. The van der Waals surface area contributed by atoms with Crippen molar-refractivity contribution in [3.05, 3.63) is 53.1 Å². The Kier molecular flexibility index (Phi) is 5.24. The van der Waals surface area contributed by atoms with Crippen LogP contribution in [0.15, 0.2) is 47.6 Å². The molecule has 8 heteroatoms. The van der Waals surface area contributed by atoms with Gasteiger partial charge in [0, 0.05) is 0 Å². The number of nitrogens with one attached hydrogen (secondary N) is 1. The van der Waals surface area contributed by atoms with Crippen LogP contribution in [0.25, 0.3) is 11.0 Å². The number of hydrogen-bond donors (Lipinski definition) is 1. The highest BCUT2D eigenvalue weighted by molar-refractivity contribution is 7.99. The Morgan fingerprint density at radius 2 is 2.08 bits per heavy atom. The van der Waals surface area contributed by atoms with Crippen LogP contribution in [0.2, 0.25) is 5.02 Å². The highest BCUT2D eigenvalue weighted by Crippen LogP contribution is 2.29. The van der Waals surface area contributed by atoms with Crippen molar-refractivity contribution in [2.75, 3.05) is 5.32 Å². The van der Waals surface area contributed by atoms with Gasteiger partial charge < -0.3 is 9.88 Å². The predicted molar refractivity (Wildman–Crippen MR) is 96.4 cm³/mol. The van der Waals surface area contributed by atoms with E-state index in [1.807, 2.05) is 13.0 Å². The van der Waals surface area contributed by atoms with Gasteiger partial charge in [-0.3, -0.25) is 4.79 Å². The summed E-state index contributed by atoms with van der Waals surface area (Å²) in [6.45, 7) is 1.75. The van der Waals surface area contributed by atoms with Crippen molar-refractivity contribution >= 4 is 46.0 Å². The predicted octanol–water partition coefficient (Wildman–Crippen LogP) is 4.95. The number of thioether (sulfide) groups is 1. The normalized spacial score (nSPS) is 11.2. The molecule has 0 fully saturated rings. The third kappa shape index (κ3) is 4.11. The molecule has 0 aliphatic heterocycles. The minimum atomic E-state index is -2.62. The molecular formula is C17H14ClF2N3OS. The van der Waals surface area contributed by atoms with Crippen LogP contribution < -0.4 is 5.32 Å². The first-order chi connectivity index (χ1) is 11.9. The molecule has 0 atom stereocenters. The quantitative estimate of drug-likeness (QED) is 0.636. The van der Waals surface area contributed by atoms with Crippen molar-refractivity contribution in [1.29, 1.82) is 0 Å². The van der Waals surface area contributed by atoms with Gasteiger partial charge in [-0.1, -0.05) is 29.8 Å². The Bertz CT molecular complexity index is 929. The zero-order valence-corrected chi connectivity index (χ0v) is 14.7. The van der Waals surface area contributed by atoms with Crippen molar-refractivity contribution in [3.8, 4) is 0 Å². The highest BCUT2D eigenvalue weighted by atomic mass is 35.5. The monoisotopic (exact) mass is 381 g/mol. The van der Waals surface area contributed by atoms with Gasteiger partial charge in [-0.2, -0.15) is 8.78 Å². The number of nitrogens with zero attached hydrogens (tertiary/aromatic N) is 2. The zero-order valence-electron chi connectivity index (χ0n) is 13.2.